The molecule has 0 aromatic heterocycles. The lowest BCUT2D eigenvalue weighted by Crippen LogP contribution is -2.51. The van der Waals surface area contributed by atoms with E-state index in [-0.39, 0.29) is 5.91 Å². The molecule has 0 bridgehead atoms. The summed E-state index contributed by atoms with van der Waals surface area (Å²) in [5.41, 5.74) is 1.90. The molecular weight excluding hydrogens is 334 g/mol. The second-order valence-corrected chi connectivity index (χ2v) is 7.15. The summed E-state index contributed by atoms with van der Waals surface area (Å²) >= 11 is 0. The Labute approximate surface area is 153 Å². The topological polar surface area (TPSA) is 87.7 Å². The van der Waals surface area contributed by atoms with Gasteiger partial charge >= 0.3 is 6.03 Å². The van der Waals surface area contributed by atoms with Crippen LogP contribution in [0.1, 0.15) is 56.3 Å². The first kappa shape index (κ1) is 18.2. The molecule has 7 nitrogen and oxygen atoms in total. The first-order valence-electron chi connectivity index (χ1n) is 9.16. The highest BCUT2D eigenvalue weighted by Crippen LogP contribution is 2.35. The van der Waals surface area contributed by atoms with Gasteiger partial charge in [0.15, 0.2) is 0 Å². The number of amides is 4. The number of nitrogens with zero attached hydrogens (tertiary/aromatic N) is 1. The fraction of sp³-hybridized carbons (Fsp3) is 0.526. The zero-order valence-corrected chi connectivity index (χ0v) is 15.2. The second kappa shape index (κ2) is 7.35. The van der Waals surface area contributed by atoms with Crippen molar-refractivity contribution in [2.45, 2.75) is 51.5 Å². The van der Waals surface area contributed by atoms with E-state index in [4.69, 9.17) is 4.74 Å². The van der Waals surface area contributed by atoms with E-state index in [1.165, 1.54) is 0 Å². The normalized spacial score (nSPS) is 25.3. The van der Waals surface area contributed by atoms with Crippen molar-refractivity contribution in [3.8, 4) is 5.75 Å². The number of hydrogen-bond acceptors (Lipinski definition) is 4. The molecule has 0 unspecified atom stereocenters. The highest BCUT2D eigenvalue weighted by Gasteiger charge is 2.52. The van der Waals surface area contributed by atoms with Gasteiger partial charge in [0, 0.05) is 5.56 Å². The lowest BCUT2D eigenvalue weighted by molar-refractivity contribution is -0.134. The van der Waals surface area contributed by atoms with E-state index in [0.717, 1.165) is 24.3 Å². The summed E-state index contributed by atoms with van der Waals surface area (Å²) in [5, 5.41) is 3.60. The quantitative estimate of drug-likeness (QED) is 0.791. The molecule has 1 saturated heterocycles. The number of hydrogen-bond donors (Lipinski definition) is 2. The number of nitrogens with one attached hydrogen (secondary N) is 2. The van der Waals surface area contributed by atoms with Crippen LogP contribution < -0.4 is 15.5 Å². The first-order valence-corrected chi connectivity index (χ1v) is 9.16. The molecule has 1 heterocycles. The molecule has 7 heteroatoms. The van der Waals surface area contributed by atoms with Gasteiger partial charge in [0.05, 0.1) is 6.61 Å². The van der Waals surface area contributed by atoms with Crippen LogP contribution >= 0.6 is 0 Å². The summed E-state index contributed by atoms with van der Waals surface area (Å²) in [6.45, 7) is 4.69. The number of carbonyl (C=O) groups excluding carboxylic acids is 3. The molecule has 2 N–H and O–H groups in total. The molecule has 1 aliphatic carbocycles. The molecule has 4 amide bonds. The van der Waals surface area contributed by atoms with E-state index in [9.17, 15) is 14.4 Å². The van der Waals surface area contributed by atoms with Gasteiger partial charge < -0.3 is 10.1 Å². The van der Waals surface area contributed by atoms with Gasteiger partial charge in [0.1, 0.15) is 11.3 Å². The molecule has 140 valence electrons. The zero-order chi connectivity index (χ0) is 18.7. The predicted molar refractivity (Wildman–Crippen MR) is 95.4 cm³/mol. The van der Waals surface area contributed by atoms with E-state index >= 15 is 0 Å². The molecule has 1 spiro atoms. The Kier molecular flexibility index (Phi) is 5.15. The van der Waals surface area contributed by atoms with Crippen molar-refractivity contribution in [3.05, 3.63) is 29.8 Å². The lowest BCUT2D eigenvalue weighted by atomic mass is 9.77. The molecule has 3 rings (SSSR count). The molecular formula is C19H25N3O4. The summed E-state index contributed by atoms with van der Waals surface area (Å²) in [6, 6.07) is 6.11. The van der Waals surface area contributed by atoms with Gasteiger partial charge in [-0.05, 0) is 56.2 Å². The number of rotatable bonds is 5. The van der Waals surface area contributed by atoms with Gasteiger partial charge in [-0.3, -0.25) is 15.0 Å². The lowest BCUT2D eigenvalue weighted by Gasteiger charge is -2.33. The standard InChI is InChI=1S/C19H25N3O4/c1-3-11-26-15-6-4-5-14(12-15)16(23)21-22-17(24)19(20-18(22)25)9-7-13(2)8-10-19/h4-6,12-13H,3,7-11H2,1-2H3,(H,20,25)(H,21,23). The van der Waals surface area contributed by atoms with Crippen molar-refractivity contribution < 1.29 is 19.1 Å². The Morgan fingerprint density at radius 2 is 2.08 bits per heavy atom. The Morgan fingerprint density at radius 1 is 1.35 bits per heavy atom. The molecule has 1 aromatic carbocycles. The third-order valence-corrected chi connectivity index (χ3v) is 5.07. The molecule has 0 atom stereocenters. The van der Waals surface area contributed by atoms with Gasteiger partial charge in [-0.1, -0.05) is 19.9 Å². The van der Waals surface area contributed by atoms with Gasteiger partial charge in [0.2, 0.25) is 0 Å². The van der Waals surface area contributed by atoms with E-state index in [0.29, 0.717) is 36.7 Å². The highest BCUT2D eigenvalue weighted by atomic mass is 16.5. The summed E-state index contributed by atoms with van der Waals surface area (Å²) in [7, 11) is 0. The van der Waals surface area contributed by atoms with Crippen LogP contribution in [0.4, 0.5) is 4.79 Å². The second-order valence-electron chi connectivity index (χ2n) is 7.15. The monoisotopic (exact) mass is 359 g/mol. The van der Waals surface area contributed by atoms with Crippen molar-refractivity contribution in [1.29, 1.82) is 0 Å². The van der Waals surface area contributed by atoms with E-state index < -0.39 is 17.5 Å². The minimum absolute atomic E-state index is 0.331. The predicted octanol–water partition coefficient (Wildman–Crippen LogP) is 2.62. The number of hydrazine groups is 1. The van der Waals surface area contributed by atoms with Crippen molar-refractivity contribution in [3.63, 3.8) is 0 Å². The zero-order valence-electron chi connectivity index (χ0n) is 15.2. The first-order chi connectivity index (χ1) is 12.4. The summed E-state index contributed by atoms with van der Waals surface area (Å²) < 4.78 is 5.52. The highest BCUT2D eigenvalue weighted by molar-refractivity contribution is 6.09. The molecule has 1 aromatic rings. The Bertz CT molecular complexity index is 710. The smallest absolute Gasteiger partial charge is 0.344 e. The SMILES string of the molecule is CCCOc1cccc(C(=O)NN2C(=O)NC3(CCC(C)CC3)C2=O)c1. The number of ether oxygens (including phenoxy) is 1. The number of urea groups is 1. The molecule has 1 aliphatic heterocycles. The molecule has 0 radical (unpaired) electrons. The third-order valence-electron chi connectivity index (χ3n) is 5.07. The van der Waals surface area contributed by atoms with Crippen molar-refractivity contribution in [2.75, 3.05) is 6.61 Å². The Balaban J connectivity index is 1.69. The fourth-order valence-electron chi connectivity index (χ4n) is 3.43. The number of imide groups is 1. The molecule has 26 heavy (non-hydrogen) atoms. The maximum Gasteiger partial charge on any atom is 0.344 e. The van der Waals surface area contributed by atoms with Crippen LogP contribution in [0.3, 0.4) is 0 Å². The minimum Gasteiger partial charge on any atom is -0.494 e. The Hall–Kier alpha value is -2.57. The molecule has 2 fully saturated rings. The maximum absolute atomic E-state index is 12.8. The van der Waals surface area contributed by atoms with E-state index in [2.05, 4.69) is 17.7 Å². The fourth-order valence-corrected chi connectivity index (χ4v) is 3.43. The van der Waals surface area contributed by atoms with Crippen LogP contribution in [-0.2, 0) is 4.79 Å². The van der Waals surface area contributed by atoms with Crippen molar-refractivity contribution >= 4 is 17.8 Å². The minimum atomic E-state index is -0.872. The van der Waals surface area contributed by atoms with Gasteiger partial charge in [0.25, 0.3) is 11.8 Å². The van der Waals surface area contributed by atoms with E-state index in [1.807, 2.05) is 6.92 Å². The van der Waals surface area contributed by atoms with Crippen LogP contribution in [0.2, 0.25) is 0 Å². The largest absolute Gasteiger partial charge is 0.494 e. The van der Waals surface area contributed by atoms with Gasteiger partial charge in [-0.15, -0.1) is 0 Å². The number of benzene rings is 1. The molecule has 1 saturated carbocycles. The average molecular weight is 359 g/mol. The average Bonchev–Trinajstić information content (AvgIpc) is 2.87. The van der Waals surface area contributed by atoms with Gasteiger partial charge in [-0.2, -0.15) is 5.01 Å². The van der Waals surface area contributed by atoms with Crippen LogP contribution in [0.15, 0.2) is 24.3 Å². The van der Waals surface area contributed by atoms with Crippen LogP contribution in [-0.4, -0.2) is 35.0 Å². The van der Waals surface area contributed by atoms with E-state index in [1.54, 1.807) is 24.3 Å². The van der Waals surface area contributed by atoms with Crippen molar-refractivity contribution in [1.82, 2.24) is 15.8 Å². The summed E-state index contributed by atoms with van der Waals surface area (Å²) in [4.78, 5) is 37.5. The maximum atomic E-state index is 12.8. The van der Waals surface area contributed by atoms with Crippen LogP contribution in [0, 0.1) is 5.92 Å². The summed E-state index contributed by atoms with van der Waals surface area (Å²) in [6.07, 6.45) is 3.83. The molecule has 2 aliphatic rings. The van der Waals surface area contributed by atoms with Crippen LogP contribution in [0.5, 0.6) is 5.75 Å². The number of carbonyl (C=O) groups is 3. The summed E-state index contributed by atoms with van der Waals surface area (Å²) in [5.74, 6) is 0.229. The third kappa shape index (κ3) is 3.52. The van der Waals surface area contributed by atoms with Crippen LogP contribution in [0.25, 0.3) is 0 Å². The van der Waals surface area contributed by atoms with Gasteiger partial charge in [-0.25, -0.2) is 4.79 Å². The van der Waals surface area contributed by atoms with Crippen molar-refractivity contribution in [2.24, 2.45) is 5.92 Å². The Morgan fingerprint density at radius 3 is 2.77 bits per heavy atom.